The number of anilines is 1. The van der Waals surface area contributed by atoms with Crippen LogP contribution in [0.15, 0.2) is 46.6 Å². The molecule has 0 aliphatic carbocycles. The van der Waals surface area contributed by atoms with Gasteiger partial charge in [0, 0.05) is 12.0 Å². The summed E-state index contributed by atoms with van der Waals surface area (Å²) in [6.45, 7) is 2.44. The molecule has 1 unspecified atom stereocenters. The molecule has 6 heteroatoms. The van der Waals surface area contributed by atoms with Crippen molar-refractivity contribution in [2.24, 2.45) is 10.2 Å². The quantitative estimate of drug-likeness (QED) is 0.912. The van der Waals surface area contributed by atoms with E-state index in [-0.39, 0.29) is 5.06 Å². The molecule has 2 aromatic rings. The Balaban J connectivity index is 1.91. The fraction of sp³-hybridized carbons (Fsp3) is 0.267. The number of thiazole rings is 1. The van der Waals surface area contributed by atoms with Crippen LogP contribution in [-0.2, 0) is 6.42 Å². The molecule has 0 spiro atoms. The van der Waals surface area contributed by atoms with E-state index >= 15 is 0 Å². The SMILES string of the molecule is CC1(Cc2ccccc2)C=C(c2nc(N)sc2O)CN=N1. The fourth-order valence-corrected chi connectivity index (χ4v) is 3.11. The van der Waals surface area contributed by atoms with Gasteiger partial charge in [-0.2, -0.15) is 10.2 Å². The number of nitrogens with zero attached hydrogens (tertiary/aromatic N) is 3. The largest absolute Gasteiger partial charge is 0.498 e. The number of hydrogen-bond donors (Lipinski definition) is 2. The molecule has 0 bridgehead atoms. The first-order valence-electron chi connectivity index (χ1n) is 6.66. The van der Waals surface area contributed by atoms with E-state index in [9.17, 15) is 5.11 Å². The summed E-state index contributed by atoms with van der Waals surface area (Å²) in [7, 11) is 0. The number of aromatic nitrogens is 1. The van der Waals surface area contributed by atoms with E-state index in [1.54, 1.807) is 0 Å². The highest BCUT2D eigenvalue weighted by molar-refractivity contribution is 7.17. The number of aromatic hydroxyl groups is 1. The maximum atomic E-state index is 9.91. The highest BCUT2D eigenvalue weighted by atomic mass is 32.1. The number of azo groups is 1. The lowest BCUT2D eigenvalue weighted by Crippen LogP contribution is -2.25. The number of nitrogen functional groups attached to an aromatic ring is 1. The highest BCUT2D eigenvalue weighted by Gasteiger charge is 2.27. The normalized spacial score (nSPS) is 21.3. The van der Waals surface area contributed by atoms with E-state index in [2.05, 4.69) is 27.3 Å². The molecule has 1 aliphatic rings. The molecule has 0 saturated carbocycles. The highest BCUT2D eigenvalue weighted by Crippen LogP contribution is 2.36. The molecule has 1 aromatic heterocycles. The standard InChI is InChI=1S/C15H16N4OS/c1-15(7-10-5-3-2-4-6-10)8-11(9-17-19-15)12-13(20)21-14(16)18-12/h2-6,8,20H,7,9H2,1H3,(H2,16,18). The van der Waals surface area contributed by atoms with E-state index in [1.165, 1.54) is 5.56 Å². The topological polar surface area (TPSA) is 83.9 Å². The zero-order chi connectivity index (χ0) is 14.9. The molecule has 5 nitrogen and oxygen atoms in total. The Bertz CT molecular complexity index is 708. The van der Waals surface area contributed by atoms with Crippen LogP contribution in [0.5, 0.6) is 5.06 Å². The van der Waals surface area contributed by atoms with Gasteiger partial charge in [0.15, 0.2) is 5.13 Å². The number of nitrogens with two attached hydrogens (primary N) is 1. The molecule has 0 saturated heterocycles. The van der Waals surface area contributed by atoms with Crippen LogP contribution in [0.3, 0.4) is 0 Å². The second kappa shape index (κ2) is 5.29. The van der Waals surface area contributed by atoms with Crippen molar-refractivity contribution in [3.8, 4) is 5.06 Å². The summed E-state index contributed by atoms with van der Waals surface area (Å²) in [5, 5.41) is 19.0. The van der Waals surface area contributed by atoms with E-state index in [1.807, 2.05) is 31.2 Å². The molecule has 1 aromatic carbocycles. The maximum Gasteiger partial charge on any atom is 0.201 e. The third kappa shape index (κ3) is 2.95. The average Bonchev–Trinajstić information content (AvgIpc) is 2.78. The Hall–Kier alpha value is -2.21. The van der Waals surface area contributed by atoms with Crippen molar-refractivity contribution in [3.05, 3.63) is 47.7 Å². The van der Waals surface area contributed by atoms with Crippen molar-refractivity contribution in [2.75, 3.05) is 12.3 Å². The van der Waals surface area contributed by atoms with Crippen molar-refractivity contribution in [3.63, 3.8) is 0 Å². The summed E-state index contributed by atoms with van der Waals surface area (Å²) in [6, 6.07) is 10.2. The van der Waals surface area contributed by atoms with Gasteiger partial charge in [0.2, 0.25) is 5.06 Å². The lowest BCUT2D eigenvalue weighted by atomic mass is 9.90. The summed E-state index contributed by atoms with van der Waals surface area (Å²) in [4.78, 5) is 4.18. The van der Waals surface area contributed by atoms with Gasteiger partial charge >= 0.3 is 0 Å². The molecule has 0 amide bonds. The van der Waals surface area contributed by atoms with Gasteiger partial charge in [0.25, 0.3) is 0 Å². The molecule has 3 rings (SSSR count). The van der Waals surface area contributed by atoms with Gasteiger partial charge in [-0.3, -0.25) is 0 Å². The summed E-state index contributed by atoms with van der Waals surface area (Å²) < 4.78 is 0. The Morgan fingerprint density at radius 1 is 1.33 bits per heavy atom. The van der Waals surface area contributed by atoms with E-state index in [4.69, 9.17) is 5.73 Å². The van der Waals surface area contributed by atoms with Crippen LogP contribution >= 0.6 is 11.3 Å². The van der Waals surface area contributed by atoms with Crippen LogP contribution in [-0.4, -0.2) is 22.2 Å². The number of rotatable bonds is 3. The Morgan fingerprint density at radius 3 is 2.76 bits per heavy atom. The van der Waals surface area contributed by atoms with Gasteiger partial charge in [-0.1, -0.05) is 41.7 Å². The maximum absolute atomic E-state index is 9.91. The minimum absolute atomic E-state index is 0.137. The summed E-state index contributed by atoms with van der Waals surface area (Å²) in [5.74, 6) is 0. The van der Waals surface area contributed by atoms with Crippen molar-refractivity contribution in [1.82, 2.24) is 4.98 Å². The third-order valence-electron chi connectivity index (χ3n) is 3.36. The zero-order valence-electron chi connectivity index (χ0n) is 11.7. The van der Waals surface area contributed by atoms with E-state index in [0.29, 0.717) is 17.4 Å². The van der Waals surface area contributed by atoms with Crippen LogP contribution < -0.4 is 5.73 Å². The van der Waals surface area contributed by atoms with Gasteiger partial charge in [0.05, 0.1) is 6.54 Å². The molecule has 0 radical (unpaired) electrons. The van der Waals surface area contributed by atoms with Gasteiger partial charge < -0.3 is 10.8 Å². The van der Waals surface area contributed by atoms with Crippen molar-refractivity contribution in [2.45, 2.75) is 18.9 Å². The predicted molar refractivity (Wildman–Crippen MR) is 84.4 cm³/mol. The van der Waals surface area contributed by atoms with Crippen molar-refractivity contribution < 1.29 is 5.11 Å². The molecule has 21 heavy (non-hydrogen) atoms. The van der Waals surface area contributed by atoms with Gasteiger partial charge in [0.1, 0.15) is 11.2 Å². The van der Waals surface area contributed by atoms with Crippen LogP contribution in [0.4, 0.5) is 5.13 Å². The first-order valence-corrected chi connectivity index (χ1v) is 7.47. The smallest absolute Gasteiger partial charge is 0.201 e. The van der Waals surface area contributed by atoms with Crippen molar-refractivity contribution in [1.29, 1.82) is 0 Å². The van der Waals surface area contributed by atoms with Crippen LogP contribution in [0.25, 0.3) is 5.57 Å². The molecule has 1 aliphatic heterocycles. The first kappa shape index (κ1) is 13.8. The Kier molecular flexibility index (Phi) is 3.47. The van der Waals surface area contributed by atoms with Gasteiger partial charge in [-0.15, -0.1) is 0 Å². The lowest BCUT2D eigenvalue weighted by molar-refractivity contribution is 0.486. The molecule has 2 heterocycles. The predicted octanol–water partition coefficient (Wildman–Crippen LogP) is 3.28. The Labute approximate surface area is 126 Å². The molecule has 108 valence electrons. The zero-order valence-corrected chi connectivity index (χ0v) is 12.5. The van der Waals surface area contributed by atoms with Crippen molar-refractivity contribution >= 4 is 22.0 Å². The van der Waals surface area contributed by atoms with Gasteiger partial charge in [-0.25, -0.2) is 4.98 Å². The Morgan fingerprint density at radius 2 is 2.10 bits per heavy atom. The second-order valence-electron chi connectivity index (χ2n) is 5.29. The first-order chi connectivity index (χ1) is 10.1. The minimum atomic E-state index is -0.431. The lowest BCUT2D eigenvalue weighted by Gasteiger charge is -2.24. The third-order valence-corrected chi connectivity index (χ3v) is 4.05. The number of benzene rings is 1. The molecule has 3 N–H and O–H groups in total. The summed E-state index contributed by atoms with van der Waals surface area (Å²) >= 11 is 1.08. The fourth-order valence-electron chi connectivity index (χ4n) is 2.50. The van der Waals surface area contributed by atoms with Crippen LogP contribution in [0.1, 0.15) is 18.2 Å². The molecular weight excluding hydrogens is 284 g/mol. The van der Waals surface area contributed by atoms with E-state index < -0.39 is 5.54 Å². The minimum Gasteiger partial charge on any atom is -0.498 e. The van der Waals surface area contributed by atoms with Crippen LogP contribution in [0.2, 0.25) is 0 Å². The van der Waals surface area contributed by atoms with Gasteiger partial charge in [-0.05, 0) is 18.6 Å². The summed E-state index contributed by atoms with van der Waals surface area (Å²) in [6.07, 6.45) is 2.78. The molecule has 0 fully saturated rings. The molecular formula is C15H16N4OS. The monoisotopic (exact) mass is 300 g/mol. The second-order valence-corrected chi connectivity index (χ2v) is 6.30. The average molecular weight is 300 g/mol. The number of hydrogen-bond acceptors (Lipinski definition) is 6. The molecule has 1 atom stereocenters. The summed E-state index contributed by atoms with van der Waals surface area (Å²) in [5.41, 5.74) is 7.80. The van der Waals surface area contributed by atoms with E-state index in [0.717, 1.165) is 23.3 Å². The van der Waals surface area contributed by atoms with Crippen LogP contribution in [0, 0.1) is 0 Å².